The molecule has 0 unspecified atom stereocenters. The number of halogens is 1. The molecular weight excluding hydrogens is 310 g/mol. The lowest BCUT2D eigenvalue weighted by Gasteiger charge is -2.24. The SMILES string of the molecule is CCCCN(CC)C[C@H](O)COc1cc(C)c(Cl)cc1C(C)C. The van der Waals surface area contributed by atoms with E-state index in [0.717, 1.165) is 41.4 Å². The highest BCUT2D eigenvalue weighted by Crippen LogP contribution is 2.32. The van der Waals surface area contributed by atoms with Crippen LogP contribution in [0.2, 0.25) is 5.02 Å². The minimum Gasteiger partial charge on any atom is -0.491 e. The smallest absolute Gasteiger partial charge is 0.123 e. The number of nitrogens with zero attached hydrogens (tertiary/aromatic N) is 1. The third kappa shape index (κ3) is 6.70. The molecule has 0 saturated carbocycles. The van der Waals surface area contributed by atoms with Crippen molar-refractivity contribution in [1.29, 1.82) is 0 Å². The monoisotopic (exact) mass is 341 g/mol. The largest absolute Gasteiger partial charge is 0.491 e. The zero-order chi connectivity index (χ0) is 17.4. The normalized spacial score (nSPS) is 12.9. The van der Waals surface area contributed by atoms with Gasteiger partial charge in [0.1, 0.15) is 18.5 Å². The summed E-state index contributed by atoms with van der Waals surface area (Å²) in [5.74, 6) is 1.16. The van der Waals surface area contributed by atoms with Crippen LogP contribution in [0.5, 0.6) is 5.75 Å². The Labute approximate surface area is 146 Å². The molecule has 1 atom stereocenters. The molecule has 1 N–H and O–H groups in total. The van der Waals surface area contributed by atoms with Gasteiger partial charge in [0.25, 0.3) is 0 Å². The van der Waals surface area contributed by atoms with Gasteiger partial charge in [-0.25, -0.2) is 0 Å². The number of benzene rings is 1. The summed E-state index contributed by atoms with van der Waals surface area (Å²) in [6.45, 7) is 13.5. The summed E-state index contributed by atoms with van der Waals surface area (Å²) in [5, 5.41) is 11.0. The highest BCUT2D eigenvalue weighted by atomic mass is 35.5. The average molecular weight is 342 g/mol. The molecule has 0 radical (unpaired) electrons. The second kappa shape index (κ2) is 10.2. The van der Waals surface area contributed by atoms with Crippen molar-refractivity contribution in [3.8, 4) is 5.75 Å². The topological polar surface area (TPSA) is 32.7 Å². The molecule has 0 spiro atoms. The van der Waals surface area contributed by atoms with E-state index < -0.39 is 6.10 Å². The highest BCUT2D eigenvalue weighted by molar-refractivity contribution is 6.31. The third-order valence-corrected chi connectivity index (χ3v) is 4.50. The maximum atomic E-state index is 10.3. The van der Waals surface area contributed by atoms with Crippen molar-refractivity contribution in [2.75, 3.05) is 26.2 Å². The van der Waals surface area contributed by atoms with Crippen molar-refractivity contribution in [2.24, 2.45) is 0 Å². The lowest BCUT2D eigenvalue weighted by atomic mass is 10.0. The first-order valence-corrected chi connectivity index (χ1v) is 9.10. The van der Waals surface area contributed by atoms with E-state index in [2.05, 4.69) is 32.6 Å². The van der Waals surface area contributed by atoms with Gasteiger partial charge in [0.05, 0.1) is 0 Å². The highest BCUT2D eigenvalue weighted by Gasteiger charge is 2.14. The lowest BCUT2D eigenvalue weighted by molar-refractivity contribution is 0.0690. The van der Waals surface area contributed by atoms with Crippen molar-refractivity contribution in [1.82, 2.24) is 4.90 Å². The van der Waals surface area contributed by atoms with Crippen LogP contribution in [-0.2, 0) is 0 Å². The quantitative estimate of drug-likeness (QED) is 0.673. The Kier molecular flexibility index (Phi) is 8.96. The molecule has 132 valence electrons. The zero-order valence-corrected chi connectivity index (χ0v) is 16.0. The van der Waals surface area contributed by atoms with Gasteiger partial charge < -0.3 is 14.7 Å². The van der Waals surface area contributed by atoms with E-state index in [0.29, 0.717) is 19.1 Å². The standard InChI is InChI=1S/C19H32ClNO2/c1-6-8-9-21(7-2)12-16(22)13-23-19-10-15(5)18(20)11-17(19)14(3)4/h10-11,14,16,22H,6-9,12-13H2,1-5H3/t16-/m0/s1. The first-order valence-electron chi connectivity index (χ1n) is 8.72. The Bertz CT molecular complexity index is 477. The molecule has 4 heteroatoms. The van der Waals surface area contributed by atoms with Crippen LogP contribution in [-0.4, -0.2) is 42.4 Å². The molecule has 0 aliphatic carbocycles. The lowest BCUT2D eigenvalue weighted by Crippen LogP contribution is -2.36. The van der Waals surface area contributed by atoms with E-state index in [4.69, 9.17) is 16.3 Å². The fourth-order valence-electron chi connectivity index (χ4n) is 2.54. The van der Waals surface area contributed by atoms with Gasteiger partial charge in [-0.15, -0.1) is 0 Å². The number of likely N-dealkylation sites (N-methyl/N-ethyl adjacent to an activating group) is 1. The molecule has 1 aromatic rings. The van der Waals surface area contributed by atoms with Gasteiger partial charge in [-0.2, -0.15) is 0 Å². The van der Waals surface area contributed by atoms with E-state index in [1.165, 1.54) is 6.42 Å². The van der Waals surface area contributed by atoms with Gasteiger partial charge >= 0.3 is 0 Å². The molecular formula is C19H32ClNO2. The molecule has 0 amide bonds. The van der Waals surface area contributed by atoms with E-state index in [-0.39, 0.29) is 0 Å². The second-order valence-electron chi connectivity index (χ2n) is 6.51. The van der Waals surface area contributed by atoms with E-state index >= 15 is 0 Å². The Hall–Kier alpha value is -0.770. The van der Waals surface area contributed by atoms with E-state index in [1.807, 2.05) is 19.1 Å². The van der Waals surface area contributed by atoms with Crippen LogP contribution in [0.4, 0.5) is 0 Å². The number of ether oxygens (including phenoxy) is 1. The van der Waals surface area contributed by atoms with E-state index in [1.54, 1.807) is 0 Å². The van der Waals surface area contributed by atoms with Crippen LogP contribution in [0.15, 0.2) is 12.1 Å². The summed E-state index contributed by atoms with van der Waals surface area (Å²) in [4.78, 5) is 2.27. The van der Waals surface area contributed by atoms with Gasteiger partial charge in [0.2, 0.25) is 0 Å². The molecule has 0 aromatic heterocycles. The minimum atomic E-state index is -0.484. The third-order valence-electron chi connectivity index (χ3n) is 4.09. The summed E-state index contributed by atoms with van der Waals surface area (Å²) in [6.07, 6.45) is 1.85. The Morgan fingerprint density at radius 2 is 1.96 bits per heavy atom. The van der Waals surface area contributed by atoms with Gasteiger partial charge in [-0.1, -0.05) is 45.7 Å². The zero-order valence-electron chi connectivity index (χ0n) is 15.2. The summed E-state index contributed by atoms with van der Waals surface area (Å²) in [6, 6.07) is 3.95. The van der Waals surface area contributed by atoms with Gasteiger partial charge in [-0.3, -0.25) is 0 Å². The number of aliphatic hydroxyl groups is 1. The van der Waals surface area contributed by atoms with Gasteiger partial charge in [0, 0.05) is 11.6 Å². The molecule has 0 aliphatic rings. The average Bonchev–Trinajstić information content (AvgIpc) is 2.51. The Morgan fingerprint density at radius 3 is 2.52 bits per heavy atom. The summed E-state index contributed by atoms with van der Waals surface area (Å²) in [7, 11) is 0. The predicted molar refractivity (Wildman–Crippen MR) is 98.8 cm³/mol. The Morgan fingerprint density at radius 1 is 1.26 bits per heavy atom. The van der Waals surface area contributed by atoms with Crippen LogP contribution in [0, 0.1) is 6.92 Å². The molecule has 1 aromatic carbocycles. The van der Waals surface area contributed by atoms with Crippen LogP contribution in [0.3, 0.4) is 0 Å². The molecule has 0 heterocycles. The van der Waals surface area contributed by atoms with Crippen molar-refractivity contribution < 1.29 is 9.84 Å². The van der Waals surface area contributed by atoms with Crippen LogP contribution in [0.25, 0.3) is 0 Å². The summed E-state index contributed by atoms with van der Waals surface area (Å²) >= 11 is 6.22. The van der Waals surface area contributed by atoms with E-state index in [9.17, 15) is 5.11 Å². The van der Waals surface area contributed by atoms with Gasteiger partial charge in [0.15, 0.2) is 0 Å². The maximum absolute atomic E-state index is 10.3. The number of hydrogen-bond acceptors (Lipinski definition) is 3. The molecule has 0 aliphatic heterocycles. The van der Waals surface area contributed by atoms with Crippen LogP contribution in [0.1, 0.15) is 57.6 Å². The number of aryl methyl sites for hydroxylation is 1. The van der Waals surface area contributed by atoms with Crippen LogP contribution >= 0.6 is 11.6 Å². The van der Waals surface area contributed by atoms with Gasteiger partial charge in [-0.05, 0) is 55.6 Å². The predicted octanol–water partition coefficient (Wildman–Crippen LogP) is 4.63. The van der Waals surface area contributed by atoms with Crippen molar-refractivity contribution in [2.45, 2.75) is 59.5 Å². The molecule has 3 nitrogen and oxygen atoms in total. The molecule has 23 heavy (non-hydrogen) atoms. The molecule has 0 saturated heterocycles. The minimum absolute atomic E-state index is 0.309. The first kappa shape index (κ1) is 20.3. The number of unbranched alkanes of at least 4 members (excludes halogenated alkanes) is 1. The number of hydrogen-bond donors (Lipinski definition) is 1. The molecule has 0 bridgehead atoms. The van der Waals surface area contributed by atoms with Crippen LogP contribution < -0.4 is 4.74 Å². The maximum Gasteiger partial charge on any atom is 0.123 e. The van der Waals surface area contributed by atoms with Crippen molar-refractivity contribution >= 4 is 11.6 Å². The fraction of sp³-hybridized carbons (Fsp3) is 0.684. The second-order valence-corrected chi connectivity index (χ2v) is 6.91. The summed E-state index contributed by atoms with van der Waals surface area (Å²) in [5.41, 5.74) is 2.09. The Balaban J connectivity index is 2.64. The molecule has 1 rings (SSSR count). The molecule has 0 fully saturated rings. The fourth-order valence-corrected chi connectivity index (χ4v) is 2.72. The van der Waals surface area contributed by atoms with Crippen molar-refractivity contribution in [3.63, 3.8) is 0 Å². The number of rotatable bonds is 10. The first-order chi connectivity index (χ1) is 10.9. The number of aliphatic hydroxyl groups excluding tert-OH is 1. The summed E-state index contributed by atoms with van der Waals surface area (Å²) < 4.78 is 5.91. The van der Waals surface area contributed by atoms with Crippen molar-refractivity contribution in [3.05, 3.63) is 28.3 Å².